The van der Waals surface area contributed by atoms with Crippen LogP contribution in [-0.2, 0) is 14.8 Å². The summed E-state index contributed by atoms with van der Waals surface area (Å²) in [6, 6.07) is 14.3. The smallest absolute Gasteiger partial charge is 0.262 e. The van der Waals surface area contributed by atoms with Crippen LogP contribution in [0.25, 0.3) is 0 Å². The van der Waals surface area contributed by atoms with E-state index < -0.39 is 10.0 Å². The van der Waals surface area contributed by atoms with Gasteiger partial charge in [-0.1, -0.05) is 18.2 Å². The zero-order chi connectivity index (χ0) is 22.0. The number of rotatable bonds is 7. The Bertz CT molecular complexity index is 1190. The molecule has 0 radical (unpaired) electrons. The predicted octanol–water partition coefficient (Wildman–Crippen LogP) is 3.85. The minimum atomic E-state index is -3.55. The second-order valence-corrected chi connectivity index (χ2v) is 11.2. The van der Waals surface area contributed by atoms with E-state index in [4.69, 9.17) is 0 Å². The molecule has 0 unspecified atom stereocenters. The van der Waals surface area contributed by atoms with Crippen LogP contribution < -0.4 is 5.32 Å². The molecule has 3 aromatic rings. The molecule has 0 bridgehead atoms. The molecule has 0 spiro atoms. The topological polar surface area (TPSA) is 82.1 Å². The van der Waals surface area contributed by atoms with Crippen LogP contribution in [0.4, 0.5) is 5.69 Å². The Morgan fingerprint density at radius 1 is 1.16 bits per heavy atom. The van der Waals surface area contributed by atoms with E-state index in [-0.39, 0.29) is 23.4 Å². The number of benzene rings is 1. The molecule has 1 N–H and O–H groups in total. The van der Waals surface area contributed by atoms with Crippen LogP contribution in [0.15, 0.2) is 69.3 Å². The molecule has 1 aliphatic heterocycles. The third-order valence-corrected chi connectivity index (χ3v) is 8.60. The van der Waals surface area contributed by atoms with Gasteiger partial charge in [-0.15, -0.1) is 22.7 Å². The van der Waals surface area contributed by atoms with Crippen molar-refractivity contribution < 1.29 is 13.2 Å². The summed E-state index contributed by atoms with van der Waals surface area (Å²) in [4.78, 5) is 15.4. The van der Waals surface area contributed by atoms with Gasteiger partial charge in [-0.3, -0.25) is 4.79 Å². The molecule has 0 fully saturated rings. The maximum atomic E-state index is 13.1. The third-order valence-electron chi connectivity index (χ3n) is 4.90. The average Bonchev–Trinajstić information content (AvgIpc) is 3.52. The Morgan fingerprint density at radius 3 is 2.61 bits per heavy atom. The molecule has 1 atom stereocenters. The van der Waals surface area contributed by atoms with E-state index in [9.17, 15) is 13.2 Å². The van der Waals surface area contributed by atoms with Crippen molar-refractivity contribution in [2.24, 2.45) is 5.10 Å². The second kappa shape index (κ2) is 8.91. The lowest BCUT2D eigenvalue weighted by Gasteiger charge is -2.21. The summed E-state index contributed by atoms with van der Waals surface area (Å²) in [5.41, 5.74) is 1.46. The normalized spacial score (nSPS) is 16.5. The maximum Gasteiger partial charge on any atom is 0.262 e. The Balaban J connectivity index is 1.52. The van der Waals surface area contributed by atoms with Crippen LogP contribution in [0, 0.1) is 0 Å². The Labute approximate surface area is 189 Å². The zero-order valence-corrected chi connectivity index (χ0v) is 19.5. The molecular weight excluding hydrogens is 452 g/mol. The molecule has 0 saturated heterocycles. The number of nitrogens with zero attached hydrogens (tertiary/aromatic N) is 3. The van der Waals surface area contributed by atoms with Gasteiger partial charge in [0.25, 0.3) is 5.91 Å². The van der Waals surface area contributed by atoms with Gasteiger partial charge in [-0.25, -0.2) is 17.7 Å². The van der Waals surface area contributed by atoms with Gasteiger partial charge in [0.05, 0.1) is 28.1 Å². The lowest BCUT2D eigenvalue weighted by Crippen LogP contribution is -2.32. The Morgan fingerprint density at radius 2 is 1.94 bits per heavy atom. The lowest BCUT2D eigenvalue weighted by molar-refractivity contribution is -0.131. The van der Waals surface area contributed by atoms with E-state index in [0.29, 0.717) is 12.1 Å². The highest BCUT2D eigenvalue weighted by atomic mass is 32.2. The Kier molecular flexibility index (Phi) is 6.24. The summed E-state index contributed by atoms with van der Waals surface area (Å²) in [6.45, 7) is 0.00849. The zero-order valence-electron chi connectivity index (χ0n) is 17.1. The summed E-state index contributed by atoms with van der Waals surface area (Å²) in [7, 11) is -0.573. The van der Waals surface area contributed by atoms with Gasteiger partial charge in [0.15, 0.2) is 0 Å². The van der Waals surface area contributed by atoms with Gasteiger partial charge in [0.2, 0.25) is 10.0 Å². The van der Waals surface area contributed by atoms with E-state index in [1.54, 1.807) is 39.8 Å². The summed E-state index contributed by atoms with van der Waals surface area (Å²) < 4.78 is 25.9. The summed E-state index contributed by atoms with van der Waals surface area (Å²) >= 11 is 3.21. The minimum absolute atomic E-state index is 0.00849. The van der Waals surface area contributed by atoms with Gasteiger partial charge in [-0.2, -0.15) is 5.10 Å². The van der Waals surface area contributed by atoms with E-state index >= 15 is 0 Å². The highest BCUT2D eigenvalue weighted by Gasteiger charge is 2.33. The van der Waals surface area contributed by atoms with Crippen molar-refractivity contribution >= 4 is 50.0 Å². The first kappa shape index (κ1) is 21.7. The highest BCUT2D eigenvalue weighted by Crippen LogP contribution is 2.36. The molecule has 1 aromatic carbocycles. The van der Waals surface area contributed by atoms with Gasteiger partial charge in [-0.05, 0) is 41.1 Å². The highest BCUT2D eigenvalue weighted by molar-refractivity contribution is 7.89. The average molecular weight is 475 g/mol. The van der Waals surface area contributed by atoms with Crippen LogP contribution in [0.3, 0.4) is 0 Å². The molecule has 0 saturated carbocycles. The fraction of sp³-hybridized carbons (Fsp3) is 0.238. The third kappa shape index (κ3) is 4.57. The van der Waals surface area contributed by atoms with Crippen molar-refractivity contribution in [3.05, 3.63) is 69.0 Å². The van der Waals surface area contributed by atoms with Crippen LogP contribution in [0.1, 0.15) is 22.2 Å². The number of nitrogens with one attached hydrogen (secondary N) is 1. The minimum Gasteiger partial charge on any atom is -0.376 e. The number of anilines is 1. The van der Waals surface area contributed by atoms with Crippen molar-refractivity contribution in [1.29, 1.82) is 0 Å². The predicted molar refractivity (Wildman–Crippen MR) is 125 cm³/mol. The molecule has 7 nitrogen and oxygen atoms in total. The molecule has 31 heavy (non-hydrogen) atoms. The number of carbonyl (C=O) groups excluding carboxylic acids is 1. The molecule has 1 aliphatic rings. The number of hydrogen-bond donors (Lipinski definition) is 1. The SMILES string of the molecule is CN(C)S(=O)(=O)c1cccc(NCC(=O)N2N=C(c3cccs3)C[C@H]2c2cccs2)c1. The Hall–Kier alpha value is -2.53. The van der Waals surface area contributed by atoms with Crippen LogP contribution in [0.2, 0.25) is 0 Å². The molecular formula is C21H22N4O3S3. The summed E-state index contributed by atoms with van der Waals surface area (Å²) in [5, 5.41) is 13.2. The standard InChI is InChI=1S/C21H22N4O3S3/c1-24(2)31(27,28)16-7-3-6-15(12-16)22-14-21(26)25-18(20-9-5-11-30-20)13-17(23-25)19-8-4-10-29-19/h3-12,18,22H,13-14H2,1-2H3/t18-/m0/s1. The number of carbonyl (C=O) groups is 1. The van der Waals surface area contributed by atoms with E-state index in [1.807, 2.05) is 35.0 Å². The first-order chi connectivity index (χ1) is 14.9. The van der Waals surface area contributed by atoms with Crippen molar-refractivity contribution in [3.8, 4) is 0 Å². The van der Waals surface area contributed by atoms with Crippen molar-refractivity contribution in [2.45, 2.75) is 17.4 Å². The molecule has 0 aliphatic carbocycles. The van der Waals surface area contributed by atoms with Gasteiger partial charge < -0.3 is 5.32 Å². The summed E-state index contributed by atoms with van der Waals surface area (Å²) in [6.07, 6.45) is 0.670. The fourth-order valence-electron chi connectivity index (χ4n) is 3.27. The number of sulfonamides is 1. The lowest BCUT2D eigenvalue weighted by atomic mass is 10.1. The van der Waals surface area contributed by atoms with Crippen LogP contribution in [0.5, 0.6) is 0 Å². The number of hydrogen-bond acceptors (Lipinski definition) is 7. The second-order valence-electron chi connectivity index (χ2n) is 7.17. The first-order valence-corrected chi connectivity index (χ1v) is 12.8. The monoisotopic (exact) mass is 474 g/mol. The number of hydrazone groups is 1. The number of amides is 1. The van der Waals surface area contributed by atoms with Gasteiger partial charge >= 0.3 is 0 Å². The quantitative estimate of drug-likeness (QED) is 0.564. The fourth-order valence-corrected chi connectivity index (χ4v) is 5.75. The van der Waals surface area contributed by atoms with Gasteiger partial charge in [0.1, 0.15) is 0 Å². The molecule has 1 amide bonds. The number of thiophene rings is 2. The molecule has 4 rings (SSSR count). The van der Waals surface area contributed by atoms with Crippen LogP contribution in [-0.4, -0.2) is 50.0 Å². The molecule has 3 heterocycles. The largest absolute Gasteiger partial charge is 0.376 e. The first-order valence-electron chi connectivity index (χ1n) is 9.59. The van der Waals surface area contributed by atoms with E-state index in [1.165, 1.54) is 26.2 Å². The van der Waals surface area contributed by atoms with Crippen LogP contribution >= 0.6 is 22.7 Å². The van der Waals surface area contributed by atoms with Crippen molar-refractivity contribution in [3.63, 3.8) is 0 Å². The van der Waals surface area contributed by atoms with Crippen molar-refractivity contribution in [2.75, 3.05) is 26.0 Å². The van der Waals surface area contributed by atoms with E-state index in [0.717, 1.165) is 19.8 Å². The van der Waals surface area contributed by atoms with Gasteiger partial charge in [0, 0.05) is 31.1 Å². The molecule has 2 aromatic heterocycles. The molecule has 10 heteroatoms. The summed E-state index contributed by atoms with van der Waals surface area (Å²) in [5.74, 6) is -0.175. The van der Waals surface area contributed by atoms with Crippen molar-refractivity contribution in [1.82, 2.24) is 9.31 Å². The van der Waals surface area contributed by atoms with E-state index in [2.05, 4.69) is 10.4 Å². The maximum absolute atomic E-state index is 13.1. The molecule has 162 valence electrons.